The molecule has 3 N–H and O–H groups in total. The minimum atomic E-state index is -0.372. The highest BCUT2D eigenvalue weighted by atomic mass is 16.5. The van der Waals surface area contributed by atoms with Gasteiger partial charge in [0.1, 0.15) is 0 Å². The topological polar surface area (TPSA) is 47.3 Å². The van der Waals surface area contributed by atoms with E-state index in [2.05, 4.69) is 41.8 Å². The van der Waals surface area contributed by atoms with Crippen LogP contribution in [-0.4, -0.2) is 12.7 Å². The molecule has 0 aliphatic rings. The lowest BCUT2D eigenvalue weighted by Crippen LogP contribution is -2.43. The number of nitrogens with two attached hydrogens (primary N) is 1. The number of benzene rings is 2. The molecule has 1 atom stereocenters. The Labute approximate surface area is 120 Å². The first-order valence-electron chi connectivity index (χ1n) is 6.75. The number of ether oxygens (including phenoxy) is 1. The van der Waals surface area contributed by atoms with E-state index >= 15 is 0 Å². The molecule has 2 aromatic rings. The molecule has 1 unspecified atom stereocenters. The van der Waals surface area contributed by atoms with Crippen LogP contribution >= 0.6 is 0 Å². The highest BCUT2D eigenvalue weighted by Crippen LogP contribution is 2.29. The summed E-state index contributed by atoms with van der Waals surface area (Å²) in [5.41, 5.74) is 5.99. The Bertz CT molecular complexity index is 535. The molecule has 3 nitrogen and oxygen atoms in total. The van der Waals surface area contributed by atoms with Crippen LogP contribution in [0, 0.1) is 0 Å². The molecule has 0 aliphatic heterocycles. The molecule has 0 aliphatic carbocycles. The summed E-state index contributed by atoms with van der Waals surface area (Å²) < 4.78 is 5.52. The molecule has 2 aromatic carbocycles. The largest absolute Gasteiger partial charge is 0.377 e. The predicted molar refractivity (Wildman–Crippen MR) is 83.0 cm³/mol. The van der Waals surface area contributed by atoms with Crippen LogP contribution in [0.15, 0.2) is 54.6 Å². The molecule has 20 heavy (non-hydrogen) atoms. The van der Waals surface area contributed by atoms with Gasteiger partial charge < -0.3 is 4.74 Å². The van der Waals surface area contributed by atoms with Gasteiger partial charge in [-0.1, -0.05) is 54.6 Å². The number of rotatable bonds is 5. The lowest BCUT2D eigenvalue weighted by Gasteiger charge is -2.33. The minimum Gasteiger partial charge on any atom is -0.377 e. The zero-order valence-corrected chi connectivity index (χ0v) is 12.3. The summed E-state index contributed by atoms with van der Waals surface area (Å²) in [6.45, 7) is 4.03. The van der Waals surface area contributed by atoms with Crippen molar-refractivity contribution in [2.45, 2.75) is 25.5 Å². The molecule has 3 heteroatoms. The van der Waals surface area contributed by atoms with Gasteiger partial charge in [0.05, 0.1) is 11.6 Å². The summed E-state index contributed by atoms with van der Waals surface area (Å²) in [7, 11) is 1.70. The van der Waals surface area contributed by atoms with Gasteiger partial charge in [0.25, 0.3) is 0 Å². The van der Waals surface area contributed by atoms with E-state index in [1.54, 1.807) is 7.11 Å². The monoisotopic (exact) mass is 270 g/mol. The van der Waals surface area contributed by atoms with Crippen molar-refractivity contribution in [2.24, 2.45) is 5.84 Å². The SMILES string of the molecule is COC(C)(C)C(NN)c1ccc(-c2ccccc2)cc1. The highest BCUT2D eigenvalue weighted by molar-refractivity contribution is 5.63. The van der Waals surface area contributed by atoms with Crippen molar-refractivity contribution in [3.8, 4) is 11.1 Å². The molecule has 0 radical (unpaired) electrons. The zero-order valence-electron chi connectivity index (χ0n) is 12.3. The van der Waals surface area contributed by atoms with E-state index in [1.807, 2.05) is 32.0 Å². The Balaban J connectivity index is 2.28. The lowest BCUT2D eigenvalue weighted by molar-refractivity contribution is -0.0111. The van der Waals surface area contributed by atoms with Crippen LogP contribution in [0.4, 0.5) is 0 Å². The van der Waals surface area contributed by atoms with Gasteiger partial charge >= 0.3 is 0 Å². The van der Waals surface area contributed by atoms with Crippen LogP contribution in [-0.2, 0) is 4.74 Å². The van der Waals surface area contributed by atoms with E-state index in [1.165, 1.54) is 11.1 Å². The minimum absolute atomic E-state index is 0.0580. The Kier molecular flexibility index (Phi) is 4.55. The predicted octanol–water partition coefficient (Wildman–Crippen LogP) is 3.28. The van der Waals surface area contributed by atoms with Crippen LogP contribution in [0.5, 0.6) is 0 Å². The molecular formula is C17H22N2O. The number of nitrogens with one attached hydrogen (secondary N) is 1. The van der Waals surface area contributed by atoms with Gasteiger partial charge in [-0.3, -0.25) is 11.3 Å². The van der Waals surface area contributed by atoms with Gasteiger partial charge in [0.15, 0.2) is 0 Å². The molecule has 2 rings (SSSR count). The maximum absolute atomic E-state index is 5.69. The number of methoxy groups -OCH3 is 1. The molecule has 0 amide bonds. The summed E-state index contributed by atoms with van der Waals surface area (Å²) >= 11 is 0. The fraction of sp³-hybridized carbons (Fsp3) is 0.294. The Morgan fingerprint density at radius 3 is 2.00 bits per heavy atom. The van der Waals surface area contributed by atoms with Crippen molar-refractivity contribution < 1.29 is 4.74 Å². The fourth-order valence-corrected chi connectivity index (χ4v) is 2.31. The number of hydrogen-bond acceptors (Lipinski definition) is 3. The Morgan fingerprint density at radius 2 is 1.50 bits per heavy atom. The van der Waals surface area contributed by atoms with Crippen LogP contribution in [0.3, 0.4) is 0 Å². The van der Waals surface area contributed by atoms with Crippen LogP contribution in [0.2, 0.25) is 0 Å². The van der Waals surface area contributed by atoms with Crippen LogP contribution in [0.1, 0.15) is 25.5 Å². The van der Waals surface area contributed by atoms with Crippen LogP contribution < -0.4 is 11.3 Å². The number of hydrogen-bond donors (Lipinski definition) is 2. The zero-order chi connectivity index (χ0) is 14.6. The molecule has 0 bridgehead atoms. The molecule has 106 valence electrons. The molecule has 0 heterocycles. The third-order valence-electron chi connectivity index (χ3n) is 3.74. The molecule has 0 saturated carbocycles. The van der Waals surface area contributed by atoms with E-state index in [-0.39, 0.29) is 11.6 Å². The second-order valence-electron chi connectivity index (χ2n) is 5.40. The van der Waals surface area contributed by atoms with Gasteiger partial charge in [-0.25, -0.2) is 0 Å². The summed E-state index contributed by atoms with van der Waals surface area (Å²) in [4.78, 5) is 0. The average molecular weight is 270 g/mol. The van der Waals surface area contributed by atoms with Gasteiger partial charge in [-0.15, -0.1) is 0 Å². The molecule has 0 aromatic heterocycles. The smallest absolute Gasteiger partial charge is 0.0829 e. The summed E-state index contributed by atoms with van der Waals surface area (Å²) in [5, 5.41) is 0. The third kappa shape index (κ3) is 3.07. The van der Waals surface area contributed by atoms with Crippen molar-refractivity contribution in [1.82, 2.24) is 5.43 Å². The first-order valence-corrected chi connectivity index (χ1v) is 6.75. The van der Waals surface area contributed by atoms with Crippen LogP contribution in [0.25, 0.3) is 11.1 Å². The van der Waals surface area contributed by atoms with Gasteiger partial charge in [0.2, 0.25) is 0 Å². The molecule has 0 saturated heterocycles. The summed E-state index contributed by atoms with van der Waals surface area (Å²) in [6, 6.07) is 18.7. The van der Waals surface area contributed by atoms with E-state index < -0.39 is 0 Å². The quantitative estimate of drug-likeness (QED) is 0.647. The van der Waals surface area contributed by atoms with Gasteiger partial charge in [-0.2, -0.15) is 0 Å². The van der Waals surface area contributed by atoms with E-state index in [9.17, 15) is 0 Å². The van der Waals surface area contributed by atoms with E-state index in [4.69, 9.17) is 10.6 Å². The van der Waals surface area contributed by atoms with Crippen molar-refractivity contribution in [3.63, 3.8) is 0 Å². The van der Waals surface area contributed by atoms with Gasteiger partial charge in [-0.05, 0) is 30.5 Å². The van der Waals surface area contributed by atoms with Crippen molar-refractivity contribution >= 4 is 0 Å². The van der Waals surface area contributed by atoms with E-state index in [0.29, 0.717) is 0 Å². The van der Waals surface area contributed by atoms with Crippen molar-refractivity contribution in [3.05, 3.63) is 60.2 Å². The number of hydrazine groups is 1. The Morgan fingerprint density at radius 1 is 0.950 bits per heavy atom. The summed E-state index contributed by atoms with van der Waals surface area (Å²) in [6.07, 6.45) is 0. The second-order valence-corrected chi connectivity index (χ2v) is 5.40. The maximum atomic E-state index is 5.69. The Hall–Kier alpha value is -1.68. The maximum Gasteiger partial charge on any atom is 0.0829 e. The van der Waals surface area contributed by atoms with E-state index in [0.717, 1.165) is 5.56 Å². The van der Waals surface area contributed by atoms with Gasteiger partial charge in [0, 0.05) is 7.11 Å². The first-order chi connectivity index (χ1) is 9.58. The van der Waals surface area contributed by atoms with Crippen molar-refractivity contribution in [2.75, 3.05) is 7.11 Å². The average Bonchev–Trinajstić information content (AvgIpc) is 2.49. The molecular weight excluding hydrogens is 248 g/mol. The highest BCUT2D eigenvalue weighted by Gasteiger charge is 2.29. The molecule has 0 spiro atoms. The summed E-state index contributed by atoms with van der Waals surface area (Å²) in [5.74, 6) is 5.69. The van der Waals surface area contributed by atoms with Crippen molar-refractivity contribution in [1.29, 1.82) is 0 Å². The fourth-order valence-electron chi connectivity index (χ4n) is 2.31. The standard InChI is InChI=1S/C17H22N2O/c1-17(2,20-3)16(19-18)15-11-9-14(10-12-15)13-7-5-4-6-8-13/h4-12,16,19H,18H2,1-3H3. The third-order valence-corrected chi connectivity index (χ3v) is 3.74. The normalized spacial score (nSPS) is 13.2. The lowest BCUT2D eigenvalue weighted by atomic mass is 9.91. The molecule has 0 fully saturated rings. The first kappa shape index (κ1) is 14.7. The second kappa shape index (κ2) is 6.18.